The van der Waals surface area contributed by atoms with Crippen molar-refractivity contribution < 1.29 is 27.6 Å². The van der Waals surface area contributed by atoms with Crippen LogP contribution in [-0.4, -0.2) is 21.3 Å². The summed E-state index contributed by atoms with van der Waals surface area (Å²) in [5, 5.41) is 12.2. The Kier molecular flexibility index (Phi) is 5.15. The number of carboxylic acid groups (broad SMARTS) is 1. The lowest BCUT2D eigenvalue weighted by Crippen LogP contribution is -2.49. The van der Waals surface area contributed by atoms with E-state index in [-0.39, 0.29) is 15.6 Å². The number of benzene rings is 1. The number of thioether (sulfide) groups is 1. The van der Waals surface area contributed by atoms with E-state index in [1.54, 1.807) is 0 Å². The van der Waals surface area contributed by atoms with Gasteiger partial charge in [-0.2, -0.15) is 17.7 Å². The molecule has 1 atom stereocenters. The second kappa shape index (κ2) is 7.40. The Labute approximate surface area is 180 Å². The summed E-state index contributed by atoms with van der Waals surface area (Å²) in [6.07, 6.45) is -3.12. The van der Waals surface area contributed by atoms with Crippen LogP contribution in [0.25, 0.3) is 11.1 Å². The number of aromatic carboxylic acids is 1. The van der Waals surface area contributed by atoms with Gasteiger partial charge < -0.3 is 9.90 Å². The fourth-order valence-electron chi connectivity index (χ4n) is 3.38. The molecule has 6 nitrogen and oxygen atoms in total. The Balaban J connectivity index is 2.02. The summed E-state index contributed by atoms with van der Waals surface area (Å²) in [7, 11) is 1.43. The number of hydrogen-bond donors (Lipinski definition) is 0. The molecule has 0 saturated heterocycles. The van der Waals surface area contributed by atoms with Crippen LogP contribution in [0, 0.1) is 0 Å². The third-order valence-corrected chi connectivity index (χ3v) is 7.10. The molecule has 3 aromatic rings. The molecule has 0 unspecified atom stereocenters. The van der Waals surface area contributed by atoms with Gasteiger partial charge in [-0.1, -0.05) is 23.7 Å². The maximum absolute atomic E-state index is 13.4. The molecule has 0 fully saturated rings. The van der Waals surface area contributed by atoms with Crippen molar-refractivity contribution in [3.05, 3.63) is 61.4 Å². The van der Waals surface area contributed by atoms with E-state index in [9.17, 15) is 27.9 Å². The van der Waals surface area contributed by atoms with Crippen LogP contribution in [0.15, 0.2) is 40.4 Å². The predicted octanol–water partition coefficient (Wildman–Crippen LogP) is 2.53. The van der Waals surface area contributed by atoms with Crippen LogP contribution < -0.4 is 15.2 Å². The Morgan fingerprint density at radius 2 is 2.13 bits per heavy atom. The van der Waals surface area contributed by atoms with Crippen LogP contribution in [0.5, 0.6) is 0 Å². The van der Waals surface area contributed by atoms with Crippen molar-refractivity contribution in [3.63, 3.8) is 0 Å². The van der Waals surface area contributed by atoms with Crippen LogP contribution in [0.2, 0.25) is 4.47 Å². The van der Waals surface area contributed by atoms with Crippen molar-refractivity contribution in [2.75, 3.05) is 5.75 Å². The predicted molar refractivity (Wildman–Crippen MR) is 103 cm³/mol. The average molecular weight is 474 g/mol. The number of carboxylic acids is 1. The highest BCUT2D eigenvalue weighted by atomic mass is 35.5. The molecule has 0 aliphatic carbocycles. The normalized spacial score (nSPS) is 16.0. The fraction of sp³-hybridized carbons (Fsp3) is 0.222. The summed E-state index contributed by atoms with van der Waals surface area (Å²) in [6, 6.07) is 3.53. The summed E-state index contributed by atoms with van der Waals surface area (Å²) in [5.74, 6) is -1.24. The standard InChI is InChI=1S/C18H11ClF3N3O3S2/c1-24-13(15(27)28)12(8-3-2-4-9(5-8)18(20,21)22)14(26)25-10(7-29-17(24)25)11-6-23-16(19)30-11/h2-6,10H,7H2,1H3/t10-/m1/s1. The molecule has 0 N–H and O–H groups in total. The van der Waals surface area contributed by atoms with Gasteiger partial charge in [0, 0.05) is 6.20 Å². The second-order valence-corrected chi connectivity index (χ2v) is 9.08. The first-order valence-corrected chi connectivity index (χ1v) is 10.6. The molecule has 1 aliphatic heterocycles. The summed E-state index contributed by atoms with van der Waals surface area (Å²) < 4.78 is 42.5. The summed E-state index contributed by atoms with van der Waals surface area (Å²) in [4.78, 5) is 29.9. The van der Waals surface area contributed by atoms with Gasteiger partial charge in [0.1, 0.15) is 11.5 Å². The first-order valence-electron chi connectivity index (χ1n) is 8.41. The van der Waals surface area contributed by atoms with E-state index >= 15 is 0 Å². The number of carbonyl (C=O) groups excluding carboxylic acids is 1. The molecule has 0 radical (unpaired) electrons. The maximum Gasteiger partial charge on any atom is 0.416 e. The third kappa shape index (κ3) is 3.40. The summed E-state index contributed by atoms with van der Waals surface area (Å²) in [6.45, 7) is 0. The minimum atomic E-state index is -4.65. The number of carbonyl (C=O) groups is 1. The molecule has 30 heavy (non-hydrogen) atoms. The molecule has 12 heteroatoms. The molecular formula is C18H11ClF3N3O3S2. The summed E-state index contributed by atoms with van der Waals surface area (Å²) in [5.41, 5.74) is -2.72. The lowest BCUT2D eigenvalue weighted by Gasteiger charge is -2.15. The second-order valence-electron chi connectivity index (χ2n) is 6.45. The molecule has 4 rings (SSSR count). The largest absolute Gasteiger partial charge is 0.541 e. The van der Waals surface area contributed by atoms with Crippen molar-refractivity contribution in [3.8, 4) is 11.1 Å². The lowest BCUT2D eigenvalue weighted by atomic mass is 10.0. The monoisotopic (exact) mass is 473 g/mol. The Hall–Kier alpha value is -2.37. The topological polar surface area (TPSA) is 78.9 Å². The number of rotatable bonds is 3. The fourth-order valence-corrected chi connectivity index (χ4v) is 5.80. The van der Waals surface area contributed by atoms with Gasteiger partial charge in [-0.25, -0.2) is 14.3 Å². The third-order valence-electron chi connectivity index (χ3n) is 4.68. The molecular weight excluding hydrogens is 463 g/mol. The quantitative estimate of drug-likeness (QED) is 0.431. The van der Waals surface area contributed by atoms with Gasteiger partial charge in [0.25, 0.3) is 0 Å². The van der Waals surface area contributed by atoms with Gasteiger partial charge in [-0.3, -0.25) is 0 Å². The first kappa shape index (κ1) is 20.9. The van der Waals surface area contributed by atoms with E-state index in [1.807, 2.05) is 0 Å². The molecule has 0 saturated carbocycles. The number of nitrogens with zero attached hydrogens (tertiary/aromatic N) is 3. The minimum absolute atomic E-state index is 0.155. The zero-order valence-corrected chi connectivity index (χ0v) is 17.5. The Morgan fingerprint density at radius 1 is 1.40 bits per heavy atom. The minimum Gasteiger partial charge on any atom is -0.541 e. The Bertz CT molecular complexity index is 1240. The smallest absolute Gasteiger partial charge is 0.416 e. The van der Waals surface area contributed by atoms with Gasteiger partial charge >= 0.3 is 16.9 Å². The molecule has 1 aromatic carbocycles. The van der Waals surface area contributed by atoms with Gasteiger partial charge in [-0.05, 0) is 29.5 Å². The van der Waals surface area contributed by atoms with E-state index in [0.29, 0.717) is 15.8 Å². The molecule has 0 amide bonds. The van der Waals surface area contributed by atoms with Crippen LogP contribution in [0.3, 0.4) is 0 Å². The van der Waals surface area contributed by atoms with E-state index in [1.165, 1.54) is 51.5 Å². The number of fused-ring (bicyclic) bond motifs is 1. The average Bonchev–Trinajstić information content (AvgIpc) is 3.30. The molecule has 2 aromatic heterocycles. The highest BCUT2D eigenvalue weighted by Crippen LogP contribution is 2.38. The zero-order chi connectivity index (χ0) is 21.8. The molecule has 0 spiro atoms. The number of thiazole rings is 1. The number of halogens is 4. The molecule has 0 bridgehead atoms. The van der Waals surface area contributed by atoms with Crippen molar-refractivity contribution in [1.29, 1.82) is 0 Å². The molecule has 3 heterocycles. The van der Waals surface area contributed by atoms with Crippen LogP contribution in [-0.2, 0) is 13.2 Å². The van der Waals surface area contributed by atoms with Crippen molar-refractivity contribution >= 4 is 40.7 Å². The SMILES string of the molecule is C[n+]1c(C(=O)[O-])c(-c2cccc(C(F)(F)F)c2)c(=O)n2c1SC[C@@H]2c1cnc(Cl)s1. The molecule has 156 valence electrons. The van der Waals surface area contributed by atoms with Gasteiger partial charge in [-0.15, -0.1) is 11.3 Å². The number of hydrogen-bond acceptors (Lipinski definition) is 6. The van der Waals surface area contributed by atoms with Crippen LogP contribution >= 0.6 is 34.7 Å². The first-order chi connectivity index (χ1) is 14.1. The lowest BCUT2D eigenvalue weighted by molar-refractivity contribution is -0.718. The van der Waals surface area contributed by atoms with Crippen molar-refractivity contribution in [2.45, 2.75) is 17.4 Å². The van der Waals surface area contributed by atoms with E-state index in [4.69, 9.17) is 11.6 Å². The van der Waals surface area contributed by atoms with E-state index in [0.717, 1.165) is 18.2 Å². The van der Waals surface area contributed by atoms with Gasteiger partial charge in [0.05, 0.1) is 23.2 Å². The maximum atomic E-state index is 13.4. The van der Waals surface area contributed by atoms with Crippen molar-refractivity contribution in [2.24, 2.45) is 7.05 Å². The highest BCUT2D eigenvalue weighted by molar-refractivity contribution is 7.99. The Morgan fingerprint density at radius 3 is 2.73 bits per heavy atom. The number of aromatic nitrogens is 3. The van der Waals surface area contributed by atoms with Crippen LogP contribution in [0.1, 0.15) is 27.0 Å². The van der Waals surface area contributed by atoms with Gasteiger partial charge in [0.15, 0.2) is 16.2 Å². The molecule has 1 aliphatic rings. The summed E-state index contributed by atoms with van der Waals surface area (Å²) >= 11 is 8.34. The van der Waals surface area contributed by atoms with Crippen molar-refractivity contribution in [1.82, 2.24) is 9.55 Å². The van der Waals surface area contributed by atoms with Gasteiger partial charge in [0.2, 0.25) is 0 Å². The zero-order valence-electron chi connectivity index (χ0n) is 15.1. The van der Waals surface area contributed by atoms with Crippen LogP contribution in [0.4, 0.5) is 13.2 Å². The highest BCUT2D eigenvalue weighted by Gasteiger charge is 2.40. The number of alkyl halides is 3. The van der Waals surface area contributed by atoms with E-state index in [2.05, 4.69) is 4.98 Å². The van der Waals surface area contributed by atoms with E-state index < -0.39 is 35.0 Å².